The number of Topliss-reactive ketones (excluding diaryl/α,β-unsaturated/α-hetero) is 2. The van der Waals surface area contributed by atoms with E-state index in [1.807, 2.05) is 25.1 Å². The highest BCUT2D eigenvalue weighted by Gasteiger charge is 2.20. The van der Waals surface area contributed by atoms with Crippen molar-refractivity contribution in [3.63, 3.8) is 0 Å². The first kappa shape index (κ1) is 22.9. The van der Waals surface area contributed by atoms with Gasteiger partial charge in [0.2, 0.25) is 0 Å². The molecule has 33 heavy (non-hydrogen) atoms. The van der Waals surface area contributed by atoms with Crippen molar-refractivity contribution in [3.8, 4) is 5.75 Å². The number of benzene rings is 2. The highest BCUT2D eigenvalue weighted by atomic mass is 16.5. The van der Waals surface area contributed by atoms with Gasteiger partial charge in [0.15, 0.2) is 5.78 Å². The number of ether oxygens (including phenoxy) is 1. The smallest absolute Gasteiger partial charge is 0.339 e. The number of hydrogen-bond acceptors (Lipinski definition) is 6. The van der Waals surface area contributed by atoms with E-state index in [-0.39, 0.29) is 30.5 Å². The molecule has 3 aromatic rings. The zero-order valence-electron chi connectivity index (χ0n) is 19.3. The van der Waals surface area contributed by atoms with Crippen LogP contribution in [-0.2, 0) is 17.6 Å². The van der Waals surface area contributed by atoms with Gasteiger partial charge >= 0.3 is 5.63 Å². The fourth-order valence-electron chi connectivity index (χ4n) is 4.28. The van der Waals surface area contributed by atoms with Crippen LogP contribution in [-0.4, -0.2) is 42.7 Å². The van der Waals surface area contributed by atoms with Crippen LogP contribution in [0.1, 0.15) is 46.8 Å². The van der Waals surface area contributed by atoms with Gasteiger partial charge in [0.25, 0.3) is 0 Å². The van der Waals surface area contributed by atoms with E-state index in [4.69, 9.17) is 9.15 Å². The molecular weight excluding hydrogens is 418 g/mol. The lowest BCUT2D eigenvalue weighted by Crippen LogP contribution is -2.35. The molecule has 1 fully saturated rings. The summed E-state index contributed by atoms with van der Waals surface area (Å²) in [6.45, 7) is 5.39. The number of carbonyl (C=O) groups excluding carboxylic acids is 2. The minimum absolute atomic E-state index is 0.0184. The van der Waals surface area contributed by atoms with Crippen LogP contribution in [0.2, 0.25) is 0 Å². The van der Waals surface area contributed by atoms with Crippen molar-refractivity contribution in [1.29, 1.82) is 0 Å². The molecule has 0 atom stereocenters. The van der Waals surface area contributed by atoms with Crippen LogP contribution in [0.25, 0.3) is 11.0 Å². The van der Waals surface area contributed by atoms with Gasteiger partial charge in [-0.25, -0.2) is 4.79 Å². The lowest BCUT2D eigenvalue weighted by Gasteiger charge is -2.29. The molecule has 0 spiro atoms. The summed E-state index contributed by atoms with van der Waals surface area (Å²) in [6.07, 6.45) is 2.22. The number of fused-ring (bicyclic) bond motifs is 1. The number of likely N-dealkylation sites (tertiary alicyclic amines) is 1. The van der Waals surface area contributed by atoms with Crippen LogP contribution in [0.3, 0.4) is 0 Å². The molecule has 0 saturated carbocycles. The summed E-state index contributed by atoms with van der Waals surface area (Å²) < 4.78 is 11.8. The van der Waals surface area contributed by atoms with Gasteiger partial charge in [-0.2, -0.15) is 0 Å². The third-order valence-corrected chi connectivity index (χ3v) is 6.25. The summed E-state index contributed by atoms with van der Waals surface area (Å²) in [7, 11) is 2.11. The van der Waals surface area contributed by atoms with E-state index < -0.39 is 5.63 Å². The first-order valence-corrected chi connectivity index (χ1v) is 11.3. The number of rotatable bonds is 7. The quantitative estimate of drug-likeness (QED) is 0.400. The van der Waals surface area contributed by atoms with E-state index >= 15 is 0 Å². The van der Waals surface area contributed by atoms with E-state index in [0.29, 0.717) is 16.7 Å². The minimum Gasteiger partial charge on any atom is -0.490 e. The maximum atomic E-state index is 12.6. The average molecular weight is 448 g/mol. The fraction of sp³-hybridized carbons (Fsp3) is 0.370. The Morgan fingerprint density at radius 2 is 1.85 bits per heavy atom. The summed E-state index contributed by atoms with van der Waals surface area (Å²) in [5, 5.41) is 0.768. The van der Waals surface area contributed by atoms with Crippen molar-refractivity contribution in [2.45, 2.75) is 45.6 Å². The van der Waals surface area contributed by atoms with E-state index in [9.17, 15) is 14.4 Å². The Kier molecular flexibility index (Phi) is 6.75. The van der Waals surface area contributed by atoms with Gasteiger partial charge in [-0.05, 0) is 63.6 Å². The van der Waals surface area contributed by atoms with E-state index in [2.05, 4.69) is 11.9 Å². The molecule has 1 aliphatic rings. The number of piperidine rings is 1. The Morgan fingerprint density at radius 3 is 2.58 bits per heavy atom. The Morgan fingerprint density at radius 1 is 1.09 bits per heavy atom. The maximum Gasteiger partial charge on any atom is 0.339 e. The standard InChI is InChI=1S/C27H29NO5/c1-17-25(32-24-9-11-28(3)12-10-24)8-7-21-15-22(27(31)33-26(17)21)16-23(30)14-19-5-4-6-20(13-19)18(2)29/h4-8,13,15,24H,9-12,14,16H2,1-3H3. The van der Waals surface area contributed by atoms with Crippen LogP contribution in [0, 0.1) is 6.92 Å². The first-order chi connectivity index (χ1) is 15.8. The van der Waals surface area contributed by atoms with Gasteiger partial charge in [-0.3, -0.25) is 9.59 Å². The molecule has 0 aliphatic carbocycles. The molecule has 0 bridgehead atoms. The Hall–Kier alpha value is -3.25. The molecule has 6 heteroatoms. The predicted octanol–water partition coefficient (Wildman–Crippen LogP) is 4.13. The van der Waals surface area contributed by atoms with Gasteiger partial charge < -0.3 is 14.1 Å². The SMILES string of the molecule is CC(=O)c1cccc(CC(=O)Cc2cc3ccc(OC4CCN(C)CC4)c(C)c3oc2=O)c1. The predicted molar refractivity (Wildman–Crippen MR) is 127 cm³/mol. The molecule has 1 aromatic heterocycles. The first-order valence-electron chi connectivity index (χ1n) is 11.3. The number of nitrogens with zero attached hydrogens (tertiary/aromatic N) is 1. The monoisotopic (exact) mass is 447 g/mol. The lowest BCUT2D eigenvalue weighted by molar-refractivity contribution is -0.117. The summed E-state index contributed by atoms with van der Waals surface area (Å²) in [4.78, 5) is 39.1. The lowest BCUT2D eigenvalue weighted by atomic mass is 10.00. The van der Waals surface area contributed by atoms with Crippen molar-refractivity contribution in [2.75, 3.05) is 20.1 Å². The van der Waals surface area contributed by atoms with Gasteiger partial charge in [0.05, 0.1) is 0 Å². The zero-order valence-corrected chi connectivity index (χ0v) is 19.3. The summed E-state index contributed by atoms with van der Waals surface area (Å²) >= 11 is 0. The molecule has 2 heterocycles. The normalized spacial score (nSPS) is 15.0. The van der Waals surface area contributed by atoms with E-state index in [1.165, 1.54) is 6.92 Å². The van der Waals surface area contributed by atoms with Crippen LogP contribution < -0.4 is 10.4 Å². The molecule has 0 N–H and O–H groups in total. The van der Waals surface area contributed by atoms with Gasteiger partial charge in [-0.1, -0.05) is 18.2 Å². The molecule has 2 aromatic carbocycles. The van der Waals surface area contributed by atoms with Crippen LogP contribution in [0.15, 0.2) is 51.7 Å². The summed E-state index contributed by atoms with van der Waals surface area (Å²) in [5.41, 5.74) is 2.44. The number of hydrogen-bond donors (Lipinski definition) is 0. The van der Waals surface area contributed by atoms with Crippen molar-refractivity contribution in [1.82, 2.24) is 4.90 Å². The van der Waals surface area contributed by atoms with Crippen LogP contribution in [0.4, 0.5) is 0 Å². The second kappa shape index (κ2) is 9.71. The molecule has 0 amide bonds. The minimum atomic E-state index is -0.507. The number of aryl methyl sites for hydroxylation is 1. The molecule has 6 nitrogen and oxygen atoms in total. The van der Waals surface area contributed by atoms with E-state index in [0.717, 1.165) is 48.2 Å². The Labute approximate surface area is 193 Å². The zero-order chi connectivity index (χ0) is 23.5. The Bertz CT molecular complexity index is 1250. The molecule has 1 saturated heterocycles. The molecular formula is C27H29NO5. The topological polar surface area (TPSA) is 76.8 Å². The Balaban J connectivity index is 1.50. The summed E-state index contributed by atoms with van der Waals surface area (Å²) in [6, 6.07) is 12.5. The van der Waals surface area contributed by atoms with Crippen molar-refractivity contribution >= 4 is 22.5 Å². The maximum absolute atomic E-state index is 12.6. The number of ketones is 2. The molecule has 4 rings (SSSR count). The van der Waals surface area contributed by atoms with Crippen LogP contribution >= 0.6 is 0 Å². The van der Waals surface area contributed by atoms with Crippen molar-refractivity contribution in [2.24, 2.45) is 0 Å². The van der Waals surface area contributed by atoms with Crippen molar-refractivity contribution < 1.29 is 18.7 Å². The summed E-state index contributed by atoms with van der Waals surface area (Å²) in [5.74, 6) is 0.574. The average Bonchev–Trinajstić information content (AvgIpc) is 2.78. The highest BCUT2D eigenvalue weighted by molar-refractivity contribution is 5.94. The second-order valence-electron chi connectivity index (χ2n) is 8.94. The highest BCUT2D eigenvalue weighted by Crippen LogP contribution is 2.29. The third-order valence-electron chi connectivity index (χ3n) is 6.25. The van der Waals surface area contributed by atoms with Crippen molar-refractivity contribution in [3.05, 3.63) is 75.1 Å². The van der Waals surface area contributed by atoms with Gasteiger partial charge in [0.1, 0.15) is 23.2 Å². The van der Waals surface area contributed by atoms with E-state index in [1.54, 1.807) is 24.3 Å². The number of carbonyl (C=O) groups is 2. The molecule has 0 radical (unpaired) electrons. The molecule has 0 unspecified atom stereocenters. The molecule has 1 aliphatic heterocycles. The largest absolute Gasteiger partial charge is 0.490 e. The van der Waals surface area contributed by atoms with Gasteiger partial charge in [0, 0.05) is 48.0 Å². The second-order valence-corrected chi connectivity index (χ2v) is 8.94. The van der Waals surface area contributed by atoms with Crippen LogP contribution in [0.5, 0.6) is 5.75 Å². The third kappa shape index (κ3) is 5.40. The fourth-order valence-corrected chi connectivity index (χ4v) is 4.28. The van der Waals surface area contributed by atoms with Gasteiger partial charge in [-0.15, -0.1) is 0 Å². The molecule has 172 valence electrons.